The van der Waals surface area contributed by atoms with Gasteiger partial charge < -0.3 is 9.73 Å². The first kappa shape index (κ1) is 20.6. The molecular formula is C31H25NO. The van der Waals surface area contributed by atoms with Crippen molar-refractivity contribution in [3.63, 3.8) is 0 Å². The van der Waals surface area contributed by atoms with Gasteiger partial charge in [-0.2, -0.15) is 0 Å². The average Bonchev–Trinajstić information content (AvgIpc) is 3.25. The number of benzene rings is 5. The maximum absolute atomic E-state index is 6.16. The van der Waals surface area contributed by atoms with Crippen molar-refractivity contribution in [1.29, 1.82) is 0 Å². The molecule has 1 N–H and O–H groups in total. The van der Waals surface area contributed by atoms with E-state index in [1.807, 2.05) is 48.5 Å². The highest BCUT2D eigenvalue weighted by Crippen LogP contribution is 2.36. The topological polar surface area (TPSA) is 25.2 Å². The molecule has 33 heavy (non-hydrogen) atoms. The highest BCUT2D eigenvalue weighted by atomic mass is 16.3. The summed E-state index contributed by atoms with van der Waals surface area (Å²) in [4.78, 5) is 0. The lowest BCUT2D eigenvalue weighted by atomic mass is 10.0. The molecule has 0 bridgehead atoms. The van der Waals surface area contributed by atoms with Crippen molar-refractivity contribution < 1.29 is 4.42 Å². The van der Waals surface area contributed by atoms with E-state index in [1.54, 1.807) is 0 Å². The molecule has 0 saturated heterocycles. The Bertz CT molecular complexity index is 1450. The van der Waals surface area contributed by atoms with Gasteiger partial charge in [0.2, 0.25) is 0 Å². The summed E-state index contributed by atoms with van der Waals surface area (Å²) in [6, 6.07) is 43.4. The lowest BCUT2D eigenvalue weighted by Gasteiger charge is -2.09. The van der Waals surface area contributed by atoms with Crippen molar-refractivity contribution >= 4 is 33.3 Å². The zero-order valence-corrected chi connectivity index (χ0v) is 18.5. The number of fused-ring (bicyclic) bond motifs is 3. The van der Waals surface area contributed by atoms with Crippen molar-refractivity contribution in [2.45, 2.75) is 6.92 Å². The normalized spacial score (nSPS) is 10.6. The molecule has 6 aromatic rings. The fourth-order valence-corrected chi connectivity index (χ4v) is 3.98. The molecule has 1 aromatic heterocycles. The van der Waals surface area contributed by atoms with Crippen molar-refractivity contribution in [1.82, 2.24) is 0 Å². The predicted molar refractivity (Wildman–Crippen MR) is 140 cm³/mol. The Morgan fingerprint density at radius 3 is 1.94 bits per heavy atom. The van der Waals surface area contributed by atoms with Crippen molar-refractivity contribution in [2.75, 3.05) is 5.32 Å². The number of rotatable bonds is 3. The highest BCUT2D eigenvalue weighted by molar-refractivity contribution is 6.09. The van der Waals surface area contributed by atoms with Gasteiger partial charge in [-0.05, 0) is 48.4 Å². The summed E-state index contributed by atoms with van der Waals surface area (Å²) in [5.74, 6) is 0. The molecular weight excluding hydrogens is 402 g/mol. The van der Waals surface area contributed by atoms with Crippen LogP contribution >= 0.6 is 0 Å². The molecule has 0 saturated carbocycles. The molecule has 0 spiro atoms. The molecule has 0 atom stereocenters. The van der Waals surface area contributed by atoms with E-state index in [0.717, 1.165) is 44.4 Å². The second-order valence-electron chi connectivity index (χ2n) is 8.01. The van der Waals surface area contributed by atoms with Crippen LogP contribution in [-0.4, -0.2) is 0 Å². The molecule has 0 aliphatic heterocycles. The van der Waals surface area contributed by atoms with E-state index < -0.39 is 0 Å². The third kappa shape index (κ3) is 4.65. The van der Waals surface area contributed by atoms with Crippen LogP contribution in [0, 0.1) is 6.92 Å². The molecule has 0 fully saturated rings. The number of hydrogen-bond donors (Lipinski definition) is 1. The van der Waals surface area contributed by atoms with Crippen LogP contribution in [0.5, 0.6) is 0 Å². The molecule has 0 aliphatic carbocycles. The summed E-state index contributed by atoms with van der Waals surface area (Å²) < 4.78 is 6.16. The van der Waals surface area contributed by atoms with E-state index >= 15 is 0 Å². The minimum Gasteiger partial charge on any atom is -0.455 e. The molecule has 2 nitrogen and oxygen atoms in total. The van der Waals surface area contributed by atoms with E-state index in [-0.39, 0.29) is 0 Å². The molecule has 2 heteroatoms. The molecule has 0 amide bonds. The van der Waals surface area contributed by atoms with Gasteiger partial charge in [0.05, 0.1) is 0 Å². The third-order valence-corrected chi connectivity index (χ3v) is 5.57. The molecule has 160 valence electrons. The van der Waals surface area contributed by atoms with Crippen molar-refractivity contribution in [2.24, 2.45) is 0 Å². The van der Waals surface area contributed by atoms with Gasteiger partial charge in [-0.15, -0.1) is 0 Å². The zero-order chi connectivity index (χ0) is 22.5. The first-order valence-electron chi connectivity index (χ1n) is 11.1. The van der Waals surface area contributed by atoms with E-state index in [1.165, 1.54) is 5.56 Å². The van der Waals surface area contributed by atoms with Crippen LogP contribution in [0.2, 0.25) is 0 Å². The summed E-state index contributed by atoms with van der Waals surface area (Å²) in [6.45, 7) is 2.10. The van der Waals surface area contributed by atoms with Gasteiger partial charge in [0.15, 0.2) is 0 Å². The van der Waals surface area contributed by atoms with Crippen LogP contribution in [0.1, 0.15) is 5.56 Å². The van der Waals surface area contributed by atoms with Gasteiger partial charge in [-0.3, -0.25) is 0 Å². The number of aryl methyl sites for hydroxylation is 1. The van der Waals surface area contributed by atoms with Gasteiger partial charge in [-0.25, -0.2) is 0 Å². The Kier molecular flexibility index (Phi) is 5.90. The van der Waals surface area contributed by atoms with Crippen LogP contribution in [0.3, 0.4) is 0 Å². The number of hydrogen-bond acceptors (Lipinski definition) is 2. The number of furan rings is 1. The Morgan fingerprint density at radius 2 is 1.21 bits per heavy atom. The van der Waals surface area contributed by atoms with Crippen LogP contribution in [0.4, 0.5) is 11.4 Å². The molecule has 6 rings (SSSR count). The fraction of sp³-hybridized carbons (Fsp3) is 0.0323. The second kappa shape index (κ2) is 9.46. The van der Waals surface area contributed by atoms with Crippen molar-refractivity contribution in [3.05, 3.63) is 133 Å². The molecule has 0 radical (unpaired) electrons. The summed E-state index contributed by atoms with van der Waals surface area (Å²) in [5.41, 5.74) is 7.55. The Labute approximate surface area is 194 Å². The molecule has 5 aromatic carbocycles. The second-order valence-corrected chi connectivity index (χ2v) is 8.01. The van der Waals surface area contributed by atoms with Gasteiger partial charge in [0, 0.05) is 27.7 Å². The first-order chi connectivity index (χ1) is 16.3. The van der Waals surface area contributed by atoms with Crippen LogP contribution in [0.25, 0.3) is 33.1 Å². The minimum absolute atomic E-state index is 0.928. The summed E-state index contributed by atoms with van der Waals surface area (Å²) >= 11 is 0. The highest BCUT2D eigenvalue weighted by Gasteiger charge is 2.11. The van der Waals surface area contributed by atoms with Gasteiger partial charge >= 0.3 is 0 Å². The Morgan fingerprint density at radius 1 is 0.545 bits per heavy atom. The maximum atomic E-state index is 6.16. The average molecular weight is 428 g/mol. The SMILES string of the molecule is Cc1cccc(Nc2ccc(-c3cccc4c3oc3ccccc34)cc2)c1.c1ccccc1. The van der Waals surface area contributed by atoms with E-state index in [9.17, 15) is 0 Å². The van der Waals surface area contributed by atoms with Crippen molar-refractivity contribution in [3.8, 4) is 11.1 Å². The summed E-state index contributed by atoms with van der Waals surface area (Å²) in [5, 5.41) is 5.78. The van der Waals surface area contributed by atoms with E-state index in [2.05, 4.69) is 91.1 Å². The maximum Gasteiger partial charge on any atom is 0.143 e. The van der Waals surface area contributed by atoms with E-state index in [4.69, 9.17) is 4.42 Å². The lowest BCUT2D eigenvalue weighted by Crippen LogP contribution is -1.90. The Hall–Kier alpha value is -4.30. The molecule has 0 unspecified atom stereocenters. The standard InChI is InChI=1S/C25H19NO.C6H6/c1-17-6-4-7-20(16-17)26-19-14-12-18(13-15-19)21-9-5-10-23-22-8-2-3-11-24(22)27-25(21)23;1-2-4-6-5-3-1/h2-16,26H,1H3;1-6H. The molecule has 1 heterocycles. The quantitative estimate of drug-likeness (QED) is 0.305. The zero-order valence-electron chi connectivity index (χ0n) is 18.5. The van der Waals surface area contributed by atoms with Gasteiger partial charge in [0.1, 0.15) is 11.2 Å². The minimum atomic E-state index is 0.928. The van der Waals surface area contributed by atoms with Crippen LogP contribution in [0.15, 0.2) is 132 Å². The van der Waals surface area contributed by atoms with Gasteiger partial charge in [0.25, 0.3) is 0 Å². The first-order valence-corrected chi connectivity index (χ1v) is 11.1. The largest absolute Gasteiger partial charge is 0.455 e. The molecule has 0 aliphatic rings. The smallest absolute Gasteiger partial charge is 0.143 e. The van der Waals surface area contributed by atoms with Gasteiger partial charge in [-0.1, -0.05) is 97.1 Å². The monoisotopic (exact) mass is 427 g/mol. The number of para-hydroxylation sites is 2. The predicted octanol–water partition coefficient (Wildman–Crippen LogP) is 8.99. The number of nitrogens with one attached hydrogen (secondary N) is 1. The lowest BCUT2D eigenvalue weighted by molar-refractivity contribution is 0.670. The summed E-state index contributed by atoms with van der Waals surface area (Å²) in [6.07, 6.45) is 0. The summed E-state index contributed by atoms with van der Waals surface area (Å²) in [7, 11) is 0. The number of anilines is 2. The third-order valence-electron chi connectivity index (χ3n) is 5.57. The van der Waals surface area contributed by atoms with Crippen LogP contribution < -0.4 is 5.32 Å². The Balaban J connectivity index is 0.000000332. The van der Waals surface area contributed by atoms with E-state index in [0.29, 0.717) is 0 Å². The fourth-order valence-electron chi connectivity index (χ4n) is 3.98. The van der Waals surface area contributed by atoms with Crippen LogP contribution in [-0.2, 0) is 0 Å².